The Morgan fingerprint density at radius 2 is 2.03 bits per heavy atom. The monoisotopic (exact) mass is 485 g/mol. The van der Waals surface area contributed by atoms with E-state index in [9.17, 15) is 13.2 Å². The Balaban J connectivity index is 1.25. The molecule has 180 valence electrons. The van der Waals surface area contributed by atoms with Gasteiger partial charge in [-0.3, -0.25) is 4.79 Å². The van der Waals surface area contributed by atoms with Gasteiger partial charge in [-0.2, -0.15) is 4.31 Å². The van der Waals surface area contributed by atoms with Crippen LogP contribution in [0.3, 0.4) is 0 Å². The van der Waals surface area contributed by atoms with Crippen LogP contribution in [-0.2, 0) is 27.9 Å². The zero-order valence-corrected chi connectivity index (χ0v) is 19.8. The van der Waals surface area contributed by atoms with Crippen molar-refractivity contribution >= 4 is 27.0 Å². The SMILES string of the molecule is CCCn1nnc2cc(S(=O)(=O)N3CCCC(C(=O)NCc4ccc5c(c4)OCO5)C3)ccc21. The molecule has 1 aromatic heterocycles. The lowest BCUT2D eigenvalue weighted by atomic mass is 9.98. The van der Waals surface area contributed by atoms with Crippen molar-refractivity contribution in [2.45, 2.75) is 44.2 Å². The van der Waals surface area contributed by atoms with Gasteiger partial charge in [-0.1, -0.05) is 18.2 Å². The number of benzene rings is 2. The van der Waals surface area contributed by atoms with Crippen molar-refractivity contribution in [2.75, 3.05) is 19.9 Å². The average molecular weight is 486 g/mol. The maximum absolute atomic E-state index is 13.3. The zero-order valence-electron chi connectivity index (χ0n) is 18.9. The largest absolute Gasteiger partial charge is 0.454 e. The van der Waals surface area contributed by atoms with Crippen molar-refractivity contribution in [3.8, 4) is 11.5 Å². The topological polar surface area (TPSA) is 116 Å². The van der Waals surface area contributed by atoms with Crippen molar-refractivity contribution in [1.82, 2.24) is 24.6 Å². The van der Waals surface area contributed by atoms with Crippen LogP contribution >= 0.6 is 0 Å². The second-order valence-corrected chi connectivity index (χ2v) is 10.5. The van der Waals surface area contributed by atoms with Crippen LogP contribution < -0.4 is 14.8 Å². The predicted molar refractivity (Wildman–Crippen MR) is 124 cm³/mol. The number of hydrogen-bond donors (Lipinski definition) is 1. The molecule has 0 spiro atoms. The number of hydrogen-bond acceptors (Lipinski definition) is 7. The van der Waals surface area contributed by atoms with E-state index in [1.54, 1.807) is 22.9 Å². The van der Waals surface area contributed by atoms with E-state index in [-0.39, 0.29) is 24.1 Å². The predicted octanol–water partition coefficient (Wildman–Crippen LogP) is 2.29. The van der Waals surface area contributed by atoms with E-state index in [1.807, 2.05) is 25.1 Å². The van der Waals surface area contributed by atoms with Crippen LogP contribution in [0.5, 0.6) is 11.5 Å². The molecule has 0 radical (unpaired) electrons. The van der Waals surface area contributed by atoms with Gasteiger partial charge in [0, 0.05) is 26.2 Å². The molecule has 3 aromatic rings. The number of amides is 1. The van der Waals surface area contributed by atoms with Crippen LogP contribution in [0.4, 0.5) is 0 Å². The first kappa shape index (κ1) is 22.6. The van der Waals surface area contributed by atoms with Crippen molar-refractivity contribution in [3.05, 3.63) is 42.0 Å². The number of nitrogens with one attached hydrogen (secondary N) is 1. The third-order valence-corrected chi connectivity index (χ3v) is 8.08. The Hall–Kier alpha value is -3.18. The van der Waals surface area contributed by atoms with Gasteiger partial charge < -0.3 is 14.8 Å². The van der Waals surface area contributed by atoms with E-state index in [2.05, 4.69) is 15.6 Å². The Morgan fingerprint density at radius 1 is 1.18 bits per heavy atom. The lowest BCUT2D eigenvalue weighted by Gasteiger charge is -2.31. The zero-order chi connectivity index (χ0) is 23.7. The fraction of sp³-hybridized carbons (Fsp3) is 0.435. The van der Waals surface area contributed by atoms with Gasteiger partial charge in [0.15, 0.2) is 11.5 Å². The molecular weight excluding hydrogens is 458 g/mol. The second kappa shape index (κ2) is 9.22. The van der Waals surface area contributed by atoms with E-state index < -0.39 is 15.9 Å². The molecule has 10 nitrogen and oxygen atoms in total. The highest BCUT2D eigenvalue weighted by Crippen LogP contribution is 2.32. The minimum Gasteiger partial charge on any atom is -0.454 e. The molecule has 1 amide bonds. The molecule has 0 aliphatic carbocycles. The third-order valence-electron chi connectivity index (χ3n) is 6.22. The van der Waals surface area contributed by atoms with Crippen molar-refractivity contribution in [3.63, 3.8) is 0 Å². The first-order chi connectivity index (χ1) is 16.5. The van der Waals surface area contributed by atoms with Gasteiger partial charge >= 0.3 is 0 Å². The summed E-state index contributed by atoms with van der Waals surface area (Å²) in [6, 6.07) is 10.4. The summed E-state index contributed by atoms with van der Waals surface area (Å²) in [7, 11) is -3.75. The molecule has 0 bridgehead atoms. The Morgan fingerprint density at radius 3 is 2.88 bits per heavy atom. The minimum absolute atomic E-state index is 0.149. The number of rotatable bonds is 7. The molecule has 2 aliphatic rings. The molecule has 1 atom stereocenters. The number of ether oxygens (including phenoxy) is 2. The van der Waals surface area contributed by atoms with Gasteiger partial charge in [-0.15, -0.1) is 5.10 Å². The van der Waals surface area contributed by atoms with Crippen molar-refractivity contribution in [2.24, 2.45) is 5.92 Å². The lowest BCUT2D eigenvalue weighted by Crippen LogP contribution is -2.45. The normalized spacial score (nSPS) is 18.3. The van der Waals surface area contributed by atoms with Crippen molar-refractivity contribution in [1.29, 1.82) is 0 Å². The summed E-state index contributed by atoms with van der Waals surface area (Å²) in [6.07, 6.45) is 2.17. The molecule has 5 rings (SSSR count). The first-order valence-electron chi connectivity index (χ1n) is 11.5. The van der Waals surface area contributed by atoms with E-state index in [0.717, 1.165) is 24.0 Å². The fourth-order valence-corrected chi connectivity index (χ4v) is 5.94. The summed E-state index contributed by atoms with van der Waals surface area (Å²) < 4.78 is 40.5. The summed E-state index contributed by atoms with van der Waals surface area (Å²) in [5.41, 5.74) is 2.24. The number of aryl methyl sites for hydroxylation is 1. The third kappa shape index (κ3) is 4.32. The van der Waals surface area contributed by atoms with Gasteiger partial charge in [0.05, 0.1) is 16.3 Å². The van der Waals surface area contributed by atoms with Crippen LogP contribution in [0.2, 0.25) is 0 Å². The highest BCUT2D eigenvalue weighted by Gasteiger charge is 2.33. The summed E-state index contributed by atoms with van der Waals surface area (Å²) in [6.45, 7) is 3.83. The molecule has 1 saturated heterocycles. The summed E-state index contributed by atoms with van der Waals surface area (Å²) in [5, 5.41) is 11.2. The molecule has 0 saturated carbocycles. The van der Waals surface area contributed by atoms with E-state index in [0.29, 0.717) is 42.9 Å². The van der Waals surface area contributed by atoms with E-state index in [4.69, 9.17) is 9.47 Å². The van der Waals surface area contributed by atoms with E-state index in [1.165, 1.54) is 4.31 Å². The van der Waals surface area contributed by atoms with Crippen LogP contribution in [0.1, 0.15) is 31.7 Å². The van der Waals surface area contributed by atoms with Crippen LogP contribution in [-0.4, -0.2) is 53.5 Å². The Kier molecular flexibility index (Phi) is 6.13. The summed E-state index contributed by atoms with van der Waals surface area (Å²) >= 11 is 0. The smallest absolute Gasteiger partial charge is 0.243 e. The highest BCUT2D eigenvalue weighted by molar-refractivity contribution is 7.89. The van der Waals surface area contributed by atoms with Crippen LogP contribution in [0.25, 0.3) is 11.0 Å². The number of piperidine rings is 1. The number of sulfonamides is 1. The first-order valence-corrected chi connectivity index (χ1v) is 12.9. The lowest BCUT2D eigenvalue weighted by molar-refractivity contribution is -0.126. The molecule has 11 heteroatoms. The summed E-state index contributed by atoms with van der Waals surface area (Å²) in [5.74, 6) is 0.782. The van der Waals surface area contributed by atoms with Crippen LogP contribution in [0, 0.1) is 5.92 Å². The second-order valence-electron chi connectivity index (χ2n) is 8.57. The molecule has 2 aromatic carbocycles. The molecule has 1 N–H and O–H groups in total. The Bertz CT molecular complexity index is 1320. The van der Waals surface area contributed by atoms with Gasteiger partial charge in [-0.25, -0.2) is 13.1 Å². The van der Waals surface area contributed by atoms with E-state index >= 15 is 0 Å². The molecular formula is C23H27N5O5S. The Labute approximate surface area is 197 Å². The fourth-order valence-electron chi connectivity index (χ4n) is 4.40. The number of aromatic nitrogens is 3. The molecule has 1 unspecified atom stereocenters. The number of fused-ring (bicyclic) bond motifs is 2. The molecule has 1 fully saturated rings. The molecule has 34 heavy (non-hydrogen) atoms. The van der Waals surface area contributed by atoms with Gasteiger partial charge in [0.1, 0.15) is 5.52 Å². The molecule has 3 heterocycles. The highest BCUT2D eigenvalue weighted by atomic mass is 32.2. The van der Waals surface area contributed by atoms with Gasteiger partial charge in [0.2, 0.25) is 22.7 Å². The average Bonchev–Trinajstić information content (AvgIpc) is 3.49. The summed E-state index contributed by atoms with van der Waals surface area (Å²) in [4.78, 5) is 13.0. The number of carbonyl (C=O) groups is 1. The maximum Gasteiger partial charge on any atom is 0.243 e. The quantitative estimate of drug-likeness (QED) is 0.546. The van der Waals surface area contributed by atoms with Gasteiger partial charge in [0.25, 0.3) is 0 Å². The van der Waals surface area contributed by atoms with Crippen molar-refractivity contribution < 1.29 is 22.7 Å². The number of carbonyl (C=O) groups excluding carboxylic acids is 1. The van der Waals surface area contributed by atoms with Gasteiger partial charge in [-0.05, 0) is 55.2 Å². The maximum atomic E-state index is 13.3. The minimum atomic E-state index is -3.75. The number of nitrogens with zero attached hydrogens (tertiary/aromatic N) is 4. The standard InChI is InChI=1S/C23H27N5O5S/c1-2-9-28-20-7-6-18(12-19(20)25-26-28)34(30,31)27-10-3-4-17(14-27)23(29)24-13-16-5-8-21-22(11-16)33-15-32-21/h5-8,11-12,17H,2-4,9-10,13-15H2,1H3,(H,24,29). The molecule has 2 aliphatic heterocycles. The van der Waals surface area contributed by atoms with Crippen LogP contribution in [0.15, 0.2) is 41.3 Å².